The summed E-state index contributed by atoms with van der Waals surface area (Å²) in [4.78, 5) is 0. The average molecular weight is 561 g/mol. The Bertz CT molecular complexity index is 2720. The van der Waals surface area contributed by atoms with Crippen LogP contribution >= 0.6 is 0 Å². The van der Waals surface area contributed by atoms with Gasteiger partial charge in [0.05, 0.1) is 6.26 Å². The van der Waals surface area contributed by atoms with E-state index in [1.165, 1.54) is 59.8 Å². The first-order valence-electron chi connectivity index (χ1n) is 15.0. The molecule has 0 bridgehead atoms. The number of fused-ring (bicyclic) bond motifs is 10. The average Bonchev–Trinajstić information content (AvgIpc) is 3.72. The summed E-state index contributed by atoms with van der Waals surface area (Å²) in [6, 6.07) is 50.3. The van der Waals surface area contributed by atoms with Gasteiger partial charge in [-0.15, -0.1) is 0 Å². The molecule has 204 valence electrons. The lowest BCUT2D eigenvalue weighted by Crippen LogP contribution is -1.92. The second kappa shape index (κ2) is 8.82. The fraction of sp³-hybridized carbons (Fsp3) is 0. The second-order valence-corrected chi connectivity index (χ2v) is 11.6. The number of hydrogen-bond acceptors (Lipinski definition) is 2. The van der Waals surface area contributed by atoms with Gasteiger partial charge in [0.1, 0.15) is 5.58 Å². The van der Waals surface area contributed by atoms with Gasteiger partial charge in [0.25, 0.3) is 0 Å². The molecular weight excluding hydrogens is 536 g/mol. The highest BCUT2D eigenvalue weighted by Gasteiger charge is 2.23. The van der Waals surface area contributed by atoms with Gasteiger partial charge in [0, 0.05) is 16.2 Å². The molecule has 10 aromatic rings. The second-order valence-electron chi connectivity index (χ2n) is 11.6. The Morgan fingerprint density at radius 3 is 1.59 bits per heavy atom. The van der Waals surface area contributed by atoms with E-state index in [0.717, 1.165) is 38.5 Å². The van der Waals surface area contributed by atoms with Crippen LogP contribution in [0.4, 0.5) is 0 Å². The minimum absolute atomic E-state index is 0.785. The molecule has 2 heterocycles. The molecule has 2 nitrogen and oxygen atoms in total. The fourth-order valence-corrected chi connectivity index (χ4v) is 7.48. The number of rotatable bonds is 2. The molecule has 0 fully saturated rings. The van der Waals surface area contributed by atoms with Crippen molar-refractivity contribution in [2.75, 3.05) is 0 Å². The maximum Gasteiger partial charge on any atom is 0.179 e. The van der Waals surface area contributed by atoms with Gasteiger partial charge in [-0.25, -0.2) is 0 Å². The summed E-state index contributed by atoms with van der Waals surface area (Å²) in [5, 5.41) is 13.2. The van der Waals surface area contributed by atoms with E-state index in [1.54, 1.807) is 6.26 Å². The third-order valence-corrected chi connectivity index (χ3v) is 9.30. The number of furan rings is 2. The van der Waals surface area contributed by atoms with E-state index in [4.69, 9.17) is 8.83 Å². The molecule has 0 N–H and O–H groups in total. The lowest BCUT2D eigenvalue weighted by molar-refractivity contribution is 0.600. The smallest absolute Gasteiger partial charge is 0.179 e. The predicted molar refractivity (Wildman–Crippen MR) is 184 cm³/mol. The Hall–Kier alpha value is -5.86. The van der Waals surface area contributed by atoms with E-state index in [0.29, 0.717) is 0 Å². The minimum Gasteiger partial charge on any atom is -0.460 e. The minimum atomic E-state index is 0.785. The van der Waals surface area contributed by atoms with Crippen molar-refractivity contribution in [1.82, 2.24) is 0 Å². The summed E-state index contributed by atoms with van der Waals surface area (Å²) in [6.45, 7) is 0. The van der Waals surface area contributed by atoms with E-state index in [1.807, 2.05) is 18.2 Å². The summed E-state index contributed by atoms with van der Waals surface area (Å²) in [5.74, 6) is 0. The van der Waals surface area contributed by atoms with Crippen LogP contribution in [0.3, 0.4) is 0 Å². The summed E-state index contributed by atoms with van der Waals surface area (Å²) in [5.41, 5.74) is 7.32. The van der Waals surface area contributed by atoms with Crippen molar-refractivity contribution < 1.29 is 8.83 Å². The van der Waals surface area contributed by atoms with Crippen molar-refractivity contribution in [2.24, 2.45) is 0 Å². The molecule has 8 aromatic carbocycles. The summed E-state index contributed by atoms with van der Waals surface area (Å²) < 4.78 is 12.5. The van der Waals surface area contributed by atoms with Gasteiger partial charge in [0.15, 0.2) is 11.2 Å². The van der Waals surface area contributed by atoms with E-state index >= 15 is 0 Å². The molecule has 0 aliphatic heterocycles. The molecule has 0 amide bonds. The van der Waals surface area contributed by atoms with Crippen LogP contribution in [0.2, 0.25) is 0 Å². The molecule has 0 atom stereocenters. The summed E-state index contributed by atoms with van der Waals surface area (Å²) in [7, 11) is 0. The van der Waals surface area contributed by atoms with Crippen molar-refractivity contribution in [2.45, 2.75) is 0 Å². The molecule has 44 heavy (non-hydrogen) atoms. The molecule has 0 spiro atoms. The molecular formula is C42H24O2. The van der Waals surface area contributed by atoms with Crippen molar-refractivity contribution >= 4 is 76.0 Å². The van der Waals surface area contributed by atoms with Crippen LogP contribution in [0, 0.1) is 0 Å². The van der Waals surface area contributed by atoms with Crippen LogP contribution in [0.5, 0.6) is 0 Å². The van der Waals surface area contributed by atoms with Gasteiger partial charge in [-0.2, -0.15) is 0 Å². The Morgan fingerprint density at radius 2 is 0.886 bits per heavy atom. The SMILES string of the molecule is c1ccc2c(c1)cc(-c1c3ccccc3c(-c3cc4ccoc4c4oc5ccccc5c34)c3ccccc13)c1ccccc12. The maximum absolute atomic E-state index is 6.50. The van der Waals surface area contributed by atoms with Crippen LogP contribution in [0.1, 0.15) is 0 Å². The van der Waals surface area contributed by atoms with Gasteiger partial charge in [0.2, 0.25) is 0 Å². The molecule has 2 heteroatoms. The highest BCUT2D eigenvalue weighted by molar-refractivity contribution is 6.30. The van der Waals surface area contributed by atoms with Crippen molar-refractivity contribution in [3.05, 3.63) is 146 Å². The number of benzene rings is 8. The lowest BCUT2D eigenvalue weighted by Gasteiger charge is -2.20. The molecule has 0 aliphatic carbocycles. The van der Waals surface area contributed by atoms with E-state index in [2.05, 4.69) is 121 Å². The molecule has 10 rings (SSSR count). The first-order valence-corrected chi connectivity index (χ1v) is 15.0. The quantitative estimate of drug-likeness (QED) is 0.155. The predicted octanol–water partition coefficient (Wildman–Crippen LogP) is 12.3. The molecule has 0 unspecified atom stereocenters. The topological polar surface area (TPSA) is 26.3 Å². The van der Waals surface area contributed by atoms with Crippen LogP contribution < -0.4 is 0 Å². The van der Waals surface area contributed by atoms with Crippen LogP contribution in [-0.2, 0) is 0 Å². The Kier molecular flexibility index (Phi) is 4.75. The summed E-state index contributed by atoms with van der Waals surface area (Å²) >= 11 is 0. The Labute approximate surface area is 252 Å². The normalized spacial score (nSPS) is 12.1. The summed E-state index contributed by atoms with van der Waals surface area (Å²) in [6.07, 6.45) is 1.76. The molecule has 0 aliphatic rings. The Morgan fingerprint density at radius 1 is 0.364 bits per heavy atom. The van der Waals surface area contributed by atoms with Crippen LogP contribution in [0.25, 0.3) is 98.3 Å². The third-order valence-electron chi connectivity index (χ3n) is 9.30. The number of para-hydroxylation sites is 1. The number of hydrogen-bond donors (Lipinski definition) is 0. The molecule has 0 saturated carbocycles. The highest BCUT2D eigenvalue weighted by Crippen LogP contribution is 2.49. The van der Waals surface area contributed by atoms with Crippen molar-refractivity contribution in [3.63, 3.8) is 0 Å². The van der Waals surface area contributed by atoms with Crippen molar-refractivity contribution in [3.8, 4) is 22.3 Å². The van der Waals surface area contributed by atoms with Crippen molar-refractivity contribution in [1.29, 1.82) is 0 Å². The zero-order valence-electron chi connectivity index (χ0n) is 23.7. The zero-order chi connectivity index (χ0) is 28.8. The largest absolute Gasteiger partial charge is 0.460 e. The molecule has 0 radical (unpaired) electrons. The van der Waals surface area contributed by atoms with Gasteiger partial charge >= 0.3 is 0 Å². The van der Waals surface area contributed by atoms with E-state index in [9.17, 15) is 0 Å². The van der Waals surface area contributed by atoms with Gasteiger partial charge in [-0.3, -0.25) is 0 Å². The molecule has 2 aromatic heterocycles. The van der Waals surface area contributed by atoms with Gasteiger partial charge in [-0.1, -0.05) is 115 Å². The van der Waals surface area contributed by atoms with E-state index < -0.39 is 0 Å². The monoisotopic (exact) mass is 560 g/mol. The first kappa shape index (κ1) is 23.7. The lowest BCUT2D eigenvalue weighted by atomic mass is 9.83. The Balaban J connectivity index is 1.43. The third kappa shape index (κ3) is 3.14. The van der Waals surface area contributed by atoms with Gasteiger partial charge in [-0.05, 0) is 89.6 Å². The van der Waals surface area contributed by atoms with Crippen LogP contribution in [0.15, 0.2) is 155 Å². The highest BCUT2D eigenvalue weighted by atomic mass is 16.4. The van der Waals surface area contributed by atoms with Gasteiger partial charge < -0.3 is 8.83 Å². The zero-order valence-corrected chi connectivity index (χ0v) is 23.7. The maximum atomic E-state index is 6.50. The first-order chi connectivity index (χ1) is 21.8. The molecule has 0 saturated heterocycles. The fourth-order valence-electron chi connectivity index (χ4n) is 7.48. The van der Waals surface area contributed by atoms with Crippen LogP contribution in [-0.4, -0.2) is 0 Å². The standard InChI is InChI=1S/C42H24O2/c1-2-12-27-25(11-1)23-35(29-14-4-3-13-28(27)29)38-30-15-5-7-17-32(30)39(33-18-8-6-16-31(33)38)36-24-26-21-22-43-41(26)42-40(36)34-19-9-10-20-37(34)44-42/h1-24H. The van der Waals surface area contributed by atoms with E-state index in [-0.39, 0.29) is 0 Å².